The van der Waals surface area contributed by atoms with E-state index >= 15 is 0 Å². The predicted octanol–water partition coefficient (Wildman–Crippen LogP) is 6.03. The van der Waals surface area contributed by atoms with Crippen molar-refractivity contribution in [2.45, 2.75) is 62.6 Å². The Balaban J connectivity index is 2.46. The van der Waals surface area contributed by atoms with Crippen molar-refractivity contribution in [3.8, 4) is 0 Å². The van der Waals surface area contributed by atoms with Crippen LogP contribution in [0.15, 0.2) is 45.6 Å². The van der Waals surface area contributed by atoms with Gasteiger partial charge in [-0.1, -0.05) is 0 Å². The van der Waals surface area contributed by atoms with E-state index in [2.05, 4.69) is 65.2 Å². The summed E-state index contributed by atoms with van der Waals surface area (Å²) >= 11 is -2.01. The molecule has 0 amide bonds. The summed E-state index contributed by atoms with van der Waals surface area (Å²) in [5.41, 5.74) is 9.55. The molecule has 2 atom stereocenters. The van der Waals surface area contributed by atoms with Gasteiger partial charge in [-0.3, -0.25) is 0 Å². The van der Waals surface area contributed by atoms with E-state index in [-0.39, 0.29) is 0 Å². The molecule has 0 fully saturated rings. The first-order valence-corrected chi connectivity index (χ1v) is 14.0. The van der Waals surface area contributed by atoms with E-state index in [1.54, 1.807) is 22.3 Å². The molecule has 0 radical (unpaired) electrons. The molecule has 0 bridgehead atoms. The molecule has 0 saturated heterocycles. The average molecular weight is 317 g/mol. The van der Waals surface area contributed by atoms with Crippen LogP contribution in [0.3, 0.4) is 0 Å². The average Bonchev–Trinajstić information content (AvgIpc) is 2.66. The molecule has 0 aliphatic heterocycles. The Labute approximate surface area is 121 Å². The van der Waals surface area contributed by atoms with E-state index in [9.17, 15) is 0 Å². The molecule has 104 valence electrons. The number of rotatable bonds is 2. The Morgan fingerprint density at radius 2 is 1.00 bits per heavy atom. The van der Waals surface area contributed by atoms with Gasteiger partial charge in [-0.25, -0.2) is 0 Å². The second-order valence-corrected chi connectivity index (χ2v) is 17.3. The van der Waals surface area contributed by atoms with Crippen LogP contribution in [-0.2, 0) is 0 Å². The molecular formula is C18H28Ge. The minimum absolute atomic E-state index is 0.772. The van der Waals surface area contributed by atoms with Gasteiger partial charge in [0.15, 0.2) is 0 Å². The van der Waals surface area contributed by atoms with Crippen molar-refractivity contribution in [2.24, 2.45) is 0 Å². The van der Waals surface area contributed by atoms with Gasteiger partial charge in [0.25, 0.3) is 0 Å². The standard InChI is InChI=1S/C18H28Ge/c1-11-9-13(3)17(15(11)5)19(7,8)18-14(4)10-12(2)16(18)6/h9-10,17-18H,1-8H3/t17-,18+. The summed E-state index contributed by atoms with van der Waals surface area (Å²) in [6, 6.07) is 0. The van der Waals surface area contributed by atoms with E-state index in [1.807, 2.05) is 0 Å². The van der Waals surface area contributed by atoms with E-state index < -0.39 is 13.3 Å². The maximum atomic E-state index is 2.63. The van der Waals surface area contributed by atoms with Gasteiger partial charge in [0.1, 0.15) is 0 Å². The third-order valence-corrected chi connectivity index (χ3v) is 15.4. The summed E-state index contributed by atoms with van der Waals surface area (Å²) in [6.45, 7) is 14.0. The second-order valence-electron chi connectivity index (χ2n) is 7.20. The Morgan fingerprint density at radius 3 is 1.21 bits per heavy atom. The van der Waals surface area contributed by atoms with Crippen molar-refractivity contribution < 1.29 is 0 Å². The van der Waals surface area contributed by atoms with Crippen LogP contribution in [-0.4, -0.2) is 13.3 Å². The van der Waals surface area contributed by atoms with Gasteiger partial charge in [0.2, 0.25) is 0 Å². The van der Waals surface area contributed by atoms with Gasteiger partial charge >= 0.3 is 121 Å². The molecule has 0 unspecified atom stereocenters. The Bertz CT molecular complexity index is 490. The van der Waals surface area contributed by atoms with Crippen LogP contribution in [0.1, 0.15) is 41.5 Å². The van der Waals surface area contributed by atoms with Crippen molar-refractivity contribution in [3.05, 3.63) is 45.6 Å². The molecule has 0 spiro atoms. The Hall–Kier alpha value is -0.497. The summed E-state index contributed by atoms with van der Waals surface area (Å²) in [5, 5.41) is 0. The van der Waals surface area contributed by atoms with E-state index in [0.717, 1.165) is 9.50 Å². The van der Waals surface area contributed by atoms with Crippen LogP contribution in [0.5, 0.6) is 0 Å². The molecule has 0 nitrogen and oxygen atoms in total. The van der Waals surface area contributed by atoms with E-state index in [1.165, 1.54) is 11.1 Å². The van der Waals surface area contributed by atoms with Crippen molar-refractivity contribution >= 4 is 13.3 Å². The third kappa shape index (κ3) is 2.22. The first kappa shape index (κ1) is 14.9. The van der Waals surface area contributed by atoms with Gasteiger partial charge in [0, 0.05) is 0 Å². The normalized spacial score (nSPS) is 28.2. The fourth-order valence-corrected chi connectivity index (χ4v) is 16.3. The summed E-state index contributed by atoms with van der Waals surface area (Å²) in [5.74, 6) is 5.27. The van der Waals surface area contributed by atoms with Crippen LogP contribution >= 0.6 is 0 Å². The fraction of sp³-hybridized carbons (Fsp3) is 0.556. The monoisotopic (exact) mass is 318 g/mol. The van der Waals surface area contributed by atoms with Gasteiger partial charge in [0.05, 0.1) is 0 Å². The molecule has 1 heteroatoms. The van der Waals surface area contributed by atoms with Crippen LogP contribution in [0.2, 0.25) is 21.0 Å². The molecule has 0 saturated carbocycles. The van der Waals surface area contributed by atoms with E-state index in [4.69, 9.17) is 0 Å². The van der Waals surface area contributed by atoms with Crippen molar-refractivity contribution in [1.29, 1.82) is 0 Å². The Morgan fingerprint density at radius 1 is 0.684 bits per heavy atom. The summed E-state index contributed by atoms with van der Waals surface area (Å²) < 4.78 is 1.54. The Kier molecular flexibility index (Phi) is 3.77. The number of allylic oxidation sites excluding steroid dienone is 8. The number of hydrogen-bond acceptors (Lipinski definition) is 0. The van der Waals surface area contributed by atoms with Gasteiger partial charge in [-0.05, 0) is 0 Å². The molecule has 0 N–H and O–H groups in total. The minimum atomic E-state index is -2.01. The van der Waals surface area contributed by atoms with E-state index in [0.29, 0.717) is 0 Å². The molecule has 0 heterocycles. The molecule has 19 heavy (non-hydrogen) atoms. The van der Waals surface area contributed by atoms with Crippen molar-refractivity contribution in [2.75, 3.05) is 0 Å². The molecule has 0 aromatic heterocycles. The second kappa shape index (κ2) is 4.80. The van der Waals surface area contributed by atoms with Crippen LogP contribution in [0, 0.1) is 0 Å². The molecular weight excluding hydrogens is 289 g/mol. The van der Waals surface area contributed by atoms with Crippen LogP contribution < -0.4 is 0 Å². The summed E-state index contributed by atoms with van der Waals surface area (Å²) in [4.78, 5) is 0. The number of hydrogen-bond donors (Lipinski definition) is 0. The quantitative estimate of drug-likeness (QED) is 0.546. The van der Waals surface area contributed by atoms with Crippen molar-refractivity contribution in [3.63, 3.8) is 0 Å². The molecule has 0 aromatic carbocycles. The molecule has 2 rings (SSSR count). The van der Waals surface area contributed by atoms with Crippen LogP contribution in [0.4, 0.5) is 0 Å². The molecule has 2 aliphatic carbocycles. The zero-order chi connectivity index (χ0) is 14.5. The first-order chi connectivity index (χ1) is 8.67. The predicted molar refractivity (Wildman–Crippen MR) is 89.2 cm³/mol. The zero-order valence-electron chi connectivity index (χ0n) is 13.8. The maximum absolute atomic E-state index is 2.63. The SMILES string of the molecule is CC1=CC(C)=C(C)[C@@H]1[Ge]([CH3])([CH3])[C@H]1C(C)=CC(C)=C1C. The fourth-order valence-electron chi connectivity index (χ4n) is 4.67. The van der Waals surface area contributed by atoms with Gasteiger partial charge in [-0.2, -0.15) is 0 Å². The van der Waals surface area contributed by atoms with Gasteiger partial charge in [-0.15, -0.1) is 0 Å². The van der Waals surface area contributed by atoms with Gasteiger partial charge < -0.3 is 0 Å². The summed E-state index contributed by atoms with van der Waals surface area (Å²) in [7, 11) is 0. The summed E-state index contributed by atoms with van der Waals surface area (Å²) in [6.07, 6.45) is 4.85. The molecule has 2 aliphatic rings. The zero-order valence-corrected chi connectivity index (χ0v) is 15.9. The molecule has 0 aromatic rings. The first-order valence-electron chi connectivity index (χ1n) is 7.39. The third-order valence-electron chi connectivity index (χ3n) is 5.40. The van der Waals surface area contributed by atoms with Crippen LogP contribution in [0.25, 0.3) is 0 Å². The topological polar surface area (TPSA) is 0 Å². The van der Waals surface area contributed by atoms with Crippen molar-refractivity contribution in [1.82, 2.24) is 0 Å².